The number of carbonyl (C=O) groups is 3. The summed E-state index contributed by atoms with van der Waals surface area (Å²) in [6.45, 7) is 6.00. The molecule has 0 spiro atoms. The maximum absolute atomic E-state index is 13.4. The first-order valence-corrected chi connectivity index (χ1v) is 10.5. The molecule has 2 amide bonds. The SMILES string of the molecule is Cc1cc(C(F)(F)F)n2nc(C(=O)Nc3sc(C(N)=O)c(C)c3C(=O)OC(C)C)c(Cl)c2n1. The molecule has 0 saturated carbocycles. The number of esters is 1. The predicted molar refractivity (Wildman–Crippen MR) is 114 cm³/mol. The zero-order chi connectivity index (χ0) is 24.8. The molecule has 3 N–H and O–H groups in total. The van der Waals surface area contributed by atoms with Gasteiger partial charge in [0.1, 0.15) is 15.7 Å². The Bertz CT molecular complexity index is 1300. The van der Waals surface area contributed by atoms with Crippen molar-refractivity contribution in [2.75, 3.05) is 5.32 Å². The average molecular weight is 504 g/mol. The van der Waals surface area contributed by atoms with Gasteiger partial charge in [0.15, 0.2) is 11.3 Å². The molecule has 0 aliphatic heterocycles. The second-order valence-electron chi connectivity index (χ2n) is 7.21. The molecular formula is C19H17ClF3N5O4S. The van der Waals surface area contributed by atoms with Crippen LogP contribution in [0.25, 0.3) is 5.65 Å². The number of rotatable bonds is 5. The van der Waals surface area contributed by atoms with E-state index in [0.29, 0.717) is 15.9 Å². The van der Waals surface area contributed by atoms with E-state index < -0.39 is 46.5 Å². The van der Waals surface area contributed by atoms with Gasteiger partial charge in [-0.2, -0.15) is 18.3 Å². The van der Waals surface area contributed by atoms with E-state index in [2.05, 4.69) is 15.4 Å². The van der Waals surface area contributed by atoms with Gasteiger partial charge in [0, 0.05) is 5.69 Å². The molecular weight excluding hydrogens is 487 g/mol. The highest BCUT2D eigenvalue weighted by atomic mass is 35.5. The number of primary amides is 1. The molecule has 0 fully saturated rings. The maximum Gasteiger partial charge on any atom is 0.433 e. The zero-order valence-corrected chi connectivity index (χ0v) is 19.2. The van der Waals surface area contributed by atoms with Crippen molar-refractivity contribution >= 4 is 51.4 Å². The number of anilines is 1. The van der Waals surface area contributed by atoms with E-state index in [9.17, 15) is 27.6 Å². The van der Waals surface area contributed by atoms with Gasteiger partial charge in [-0.25, -0.2) is 14.3 Å². The van der Waals surface area contributed by atoms with E-state index in [1.54, 1.807) is 13.8 Å². The number of halogens is 4. The Morgan fingerprint density at radius 3 is 2.45 bits per heavy atom. The lowest BCUT2D eigenvalue weighted by Gasteiger charge is -2.10. The number of hydrogen-bond donors (Lipinski definition) is 2. The predicted octanol–water partition coefficient (Wildman–Crippen LogP) is 4.00. The van der Waals surface area contributed by atoms with Crippen molar-refractivity contribution in [1.29, 1.82) is 0 Å². The smallest absolute Gasteiger partial charge is 0.433 e. The minimum Gasteiger partial charge on any atom is -0.459 e. The summed E-state index contributed by atoms with van der Waals surface area (Å²) >= 11 is 6.85. The number of nitrogens with one attached hydrogen (secondary N) is 1. The average Bonchev–Trinajstić information content (AvgIpc) is 3.17. The lowest BCUT2D eigenvalue weighted by Crippen LogP contribution is -2.18. The molecule has 0 unspecified atom stereocenters. The number of aryl methyl sites for hydroxylation is 1. The Labute approximate surface area is 193 Å². The van der Waals surface area contributed by atoms with Gasteiger partial charge in [0.05, 0.1) is 16.5 Å². The number of fused-ring (bicyclic) bond motifs is 1. The van der Waals surface area contributed by atoms with Crippen LogP contribution < -0.4 is 11.1 Å². The summed E-state index contributed by atoms with van der Waals surface area (Å²) in [7, 11) is 0. The highest BCUT2D eigenvalue weighted by Crippen LogP contribution is 2.35. The van der Waals surface area contributed by atoms with Gasteiger partial charge in [0.25, 0.3) is 11.8 Å². The number of nitrogens with two attached hydrogens (primary N) is 1. The Balaban J connectivity index is 2.10. The summed E-state index contributed by atoms with van der Waals surface area (Å²) in [5, 5.41) is 5.55. The van der Waals surface area contributed by atoms with Crippen LogP contribution in [0.2, 0.25) is 5.02 Å². The third-order valence-electron chi connectivity index (χ3n) is 4.31. The Kier molecular flexibility index (Phi) is 6.40. The first-order valence-electron chi connectivity index (χ1n) is 9.31. The molecule has 0 atom stereocenters. The molecule has 0 aliphatic carbocycles. The van der Waals surface area contributed by atoms with Crippen LogP contribution in [-0.2, 0) is 10.9 Å². The second kappa shape index (κ2) is 8.63. The minimum absolute atomic E-state index is 0.00115. The van der Waals surface area contributed by atoms with Crippen LogP contribution in [-0.4, -0.2) is 38.5 Å². The molecule has 3 heterocycles. The maximum atomic E-state index is 13.4. The van der Waals surface area contributed by atoms with Crippen LogP contribution in [0.5, 0.6) is 0 Å². The third-order valence-corrected chi connectivity index (χ3v) is 5.88. The quantitative estimate of drug-likeness (QED) is 0.506. The molecule has 3 aromatic heterocycles. The number of amides is 2. The Morgan fingerprint density at radius 2 is 1.91 bits per heavy atom. The monoisotopic (exact) mass is 503 g/mol. The van der Waals surface area contributed by atoms with Crippen molar-refractivity contribution < 1.29 is 32.3 Å². The highest BCUT2D eigenvalue weighted by molar-refractivity contribution is 7.18. The van der Waals surface area contributed by atoms with Crippen LogP contribution in [0, 0.1) is 13.8 Å². The fourth-order valence-electron chi connectivity index (χ4n) is 2.98. The van der Waals surface area contributed by atoms with Crippen molar-refractivity contribution in [3.63, 3.8) is 0 Å². The van der Waals surface area contributed by atoms with Crippen molar-refractivity contribution in [1.82, 2.24) is 14.6 Å². The summed E-state index contributed by atoms with van der Waals surface area (Å²) in [6, 6.07) is 0.764. The van der Waals surface area contributed by atoms with Gasteiger partial charge in [0.2, 0.25) is 0 Å². The van der Waals surface area contributed by atoms with Crippen LogP contribution in [0.1, 0.15) is 61.3 Å². The normalized spacial score (nSPS) is 11.8. The van der Waals surface area contributed by atoms with E-state index in [1.165, 1.54) is 13.8 Å². The number of hydrogen-bond acceptors (Lipinski definition) is 7. The topological polar surface area (TPSA) is 129 Å². The number of nitrogens with zero attached hydrogens (tertiary/aromatic N) is 3. The van der Waals surface area contributed by atoms with Crippen molar-refractivity contribution in [2.24, 2.45) is 5.73 Å². The summed E-state index contributed by atoms with van der Waals surface area (Å²) in [5.41, 5.74) is 3.34. The second-order valence-corrected chi connectivity index (χ2v) is 8.61. The molecule has 0 saturated heterocycles. The molecule has 0 radical (unpaired) electrons. The Hall–Kier alpha value is -3.19. The number of aromatic nitrogens is 3. The largest absolute Gasteiger partial charge is 0.459 e. The highest BCUT2D eigenvalue weighted by Gasteiger charge is 2.36. The van der Waals surface area contributed by atoms with E-state index in [4.69, 9.17) is 22.1 Å². The van der Waals surface area contributed by atoms with Gasteiger partial charge < -0.3 is 15.8 Å². The number of thiophene rings is 1. The number of ether oxygens (including phenoxy) is 1. The van der Waals surface area contributed by atoms with Gasteiger partial charge >= 0.3 is 12.1 Å². The molecule has 14 heteroatoms. The van der Waals surface area contributed by atoms with Crippen molar-refractivity contribution in [3.05, 3.63) is 44.2 Å². The minimum atomic E-state index is -4.79. The van der Waals surface area contributed by atoms with Crippen LogP contribution in [0.3, 0.4) is 0 Å². The fourth-order valence-corrected chi connectivity index (χ4v) is 4.27. The number of carbonyl (C=O) groups excluding carboxylic acids is 3. The summed E-state index contributed by atoms with van der Waals surface area (Å²) in [6.07, 6.45) is -5.29. The van der Waals surface area contributed by atoms with E-state index in [1.807, 2.05) is 0 Å². The van der Waals surface area contributed by atoms with Gasteiger partial charge in [-0.15, -0.1) is 11.3 Å². The lowest BCUT2D eigenvalue weighted by molar-refractivity contribution is -0.142. The van der Waals surface area contributed by atoms with Crippen LogP contribution in [0.15, 0.2) is 6.07 Å². The lowest BCUT2D eigenvalue weighted by atomic mass is 10.1. The van der Waals surface area contributed by atoms with Crippen LogP contribution >= 0.6 is 22.9 Å². The van der Waals surface area contributed by atoms with E-state index in [0.717, 1.165) is 6.07 Å². The van der Waals surface area contributed by atoms with Gasteiger partial charge in [-0.1, -0.05) is 11.6 Å². The van der Waals surface area contributed by atoms with Gasteiger partial charge in [-0.05, 0) is 39.3 Å². The Morgan fingerprint density at radius 1 is 1.27 bits per heavy atom. The first-order chi connectivity index (χ1) is 15.2. The van der Waals surface area contributed by atoms with Crippen molar-refractivity contribution in [3.8, 4) is 0 Å². The molecule has 0 bridgehead atoms. The fraction of sp³-hybridized carbons (Fsp3) is 0.316. The standard InChI is InChI=1S/C19H17ClF3N5O4S/c1-6(2)32-18(31)10-8(4)13(14(24)29)33-17(10)26-16(30)12-11(20)15-25-7(3)5-9(19(21,22)23)28(15)27-12/h5-6H,1-4H3,(H2,24,29)(H,26,30). The molecule has 3 aromatic rings. The summed E-state index contributed by atoms with van der Waals surface area (Å²) < 4.78 is 45.9. The molecule has 33 heavy (non-hydrogen) atoms. The first kappa shape index (κ1) is 24.5. The molecule has 0 aromatic carbocycles. The van der Waals surface area contributed by atoms with Crippen molar-refractivity contribution in [2.45, 2.75) is 40.0 Å². The molecule has 9 nitrogen and oxygen atoms in total. The number of alkyl halides is 3. The zero-order valence-electron chi connectivity index (χ0n) is 17.6. The molecule has 176 valence electrons. The van der Waals surface area contributed by atoms with E-state index >= 15 is 0 Å². The van der Waals surface area contributed by atoms with Gasteiger partial charge in [-0.3, -0.25) is 9.59 Å². The summed E-state index contributed by atoms with van der Waals surface area (Å²) in [4.78, 5) is 41.1. The summed E-state index contributed by atoms with van der Waals surface area (Å²) in [5.74, 6) is -2.68. The molecule has 0 aliphatic rings. The van der Waals surface area contributed by atoms with Crippen LogP contribution in [0.4, 0.5) is 18.2 Å². The van der Waals surface area contributed by atoms with E-state index in [-0.39, 0.29) is 32.3 Å². The molecule has 3 rings (SSSR count). The third kappa shape index (κ3) is 4.64.